The van der Waals surface area contributed by atoms with E-state index in [4.69, 9.17) is 5.11 Å². The molecule has 0 bridgehead atoms. The van der Waals surface area contributed by atoms with Crippen LogP contribution >= 0.6 is 0 Å². The van der Waals surface area contributed by atoms with E-state index in [1.165, 1.54) is 12.1 Å². The first-order valence-electron chi connectivity index (χ1n) is 8.44. The number of rotatable bonds is 4. The molecule has 0 radical (unpaired) electrons. The number of hydrogen-bond donors (Lipinski definition) is 1. The van der Waals surface area contributed by atoms with Crippen molar-refractivity contribution in [2.24, 2.45) is 0 Å². The van der Waals surface area contributed by atoms with Gasteiger partial charge in [0.2, 0.25) is 0 Å². The lowest BCUT2D eigenvalue weighted by Crippen LogP contribution is -2.53. The van der Waals surface area contributed by atoms with Gasteiger partial charge in [-0.3, -0.25) is 9.80 Å². The summed E-state index contributed by atoms with van der Waals surface area (Å²) < 4.78 is 26.4. The molecule has 6 heteroatoms. The quantitative estimate of drug-likeness (QED) is 0.910. The van der Waals surface area contributed by atoms with E-state index in [2.05, 4.69) is 14.7 Å². The van der Waals surface area contributed by atoms with Crippen molar-refractivity contribution in [3.63, 3.8) is 0 Å². The van der Waals surface area contributed by atoms with Gasteiger partial charge in [-0.1, -0.05) is 0 Å². The molecule has 0 unspecified atom stereocenters. The van der Waals surface area contributed by atoms with Gasteiger partial charge < -0.3 is 10.0 Å². The SMILES string of the molecule is OCCN1CCN(C2CCN(c3ccc(F)c(F)c3)CC2)CC1. The van der Waals surface area contributed by atoms with Crippen LogP contribution < -0.4 is 4.90 Å². The lowest BCUT2D eigenvalue weighted by molar-refractivity contribution is 0.0747. The number of aliphatic hydroxyl groups is 1. The van der Waals surface area contributed by atoms with Crippen molar-refractivity contribution >= 4 is 5.69 Å². The zero-order valence-corrected chi connectivity index (χ0v) is 13.4. The highest BCUT2D eigenvalue weighted by Gasteiger charge is 2.27. The number of nitrogens with zero attached hydrogens (tertiary/aromatic N) is 3. The van der Waals surface area contributed by atoms with Gasteiger partial charge in [-0.25, -0.2) is 8.78 Å². The van der Waals surface area contributed by atoms with E-state index in [-0.39, 0.29) is 6.61 Å². The highest BCUT2D eigenvalue weighted by Crippen LogP contribution is 2.24. The predicted octanol–water partition coefficient (Wildman–Crippen LogP) is 1.54. The average molecular weight is 325 g/mol. The maximum atomic E-state index is 13.4. The van der Waals surface area contributed by atoms with E-state index in [9.17, 15) is 8.78 Å². The number of hydrogen-bond acceptors (Lipinski definition) is 4. The van der Waals surface area contributed by atoms with Crippen LogP contribution in [0.5, 0.6) is 0 Å². The largest absolute Gasteiger partial charge is 0.395 e. The Kier molecular flexibility index (Phi) is 5.46. The Morgan fingerprint density at radius 3 is 2.26 bits per heavy atom. The average Bonchev–Trinajstić information content (AvgIpc) is 2.59. The topological polar surface area (TPSA) is 30.0 Å². The van der Waals surface area contributed by atoms with E-state index in [1.807, 2.05) is 0 Å². The summed E-state index contributed by atoms with van der Waals surface area (Å²) in [6, 6.07) is 4.74. The van der Waals surface area contributed by atoms with E-state index >= 15 is 0 Å². The van der Waals surface area contributed by atoms with E-state index < -0.39 is 11.6 Å². The lowest BCUT2D eigenvalue weighted by Gasteiger charge is -2.43. The predicted molar refractivity (Wildman–Crippen MR) is 86.7 cm³/mol. The van der Waals surface area contributed by atoms with Crippen LogP contribution in [0.2, 0.25) is 0 Å². The molecule has 2 aliphatic heterocycles. The monoisotopic (exact) mass is 325 g/mol. The molecule has 0 amide bonds. The van der Waals surface area contributed by atoms with Crippen molar-refractivity contribution < 1.29 is 13.9 Å². The fourth-order valence-electron chi connectivity index (χ4n) is 3.66. The molecular weight excluding hydrogens is 300 g/mol. The summed E-state index contributed by atoms with van der Waals surface area (Å²) in [7, 11) is 0. The van der Waals surface area contributed by atoms with Crippen LogP contribution in [-0.4, -0.2) is 73.4 Å². The van der Waals surface area contributed by atoms with Crippen molar-refractivity contribution in [3.8, 4) is 0 Å². The lowest BCUT2D eigenvalue weighted by atomic mass is 10.0. The molecule has 0 aliphatic carbocycles. The third-order valence-corrected chi connectivity index (χ3v) is 5.07. The minimum Gasteiger partial charge on any atom is -0.395 e. The van der Waals surface area contributed by atoms with E-state index in [0.717, 1.165) is 64.3 Å². The van der Waals surface area contributed by atoms with Crippen LogP contribution in [0.4, 0.5) is 14.5 Å². The number of piperazine rings is 1. The van der Waals surface area contributed by atoms with Crippen LogP contribution in [0.25, 0.3) is 0 Å². The van der Waals surface area contributed by atoms with Gasteiger partial charge in [0.15, 0.2) is 11.6 Å². The Bertz CT molecular complexity index is 513. The molecule has 2 fully saturated rings. The van der Waals surface area contributed by atoms with Gasteiger partial charge in [0, 0.05) is 63.6 Å². The van der Waals surface area contributed by atoms with Gasteiger partial charge in [-0.05, 0) is 25.0 Å². The molecule has 4 nitrogen and oxygen atoms in total. The normalized spacial score (nSPS) is 21.8. The minimum absolute atomic E-state index is 0.229. The van der Waals surface area contributed by atoms with Gasteiger partial charge in [0.05, 0.1) is 6.61 Å². The summed E-state index contributed by atoms with van der Waals surface area (Å²) in [6.45, 7) is 6.90. The number of anilines is 1. The Morgan fingerprint density at radius 2 is 1.65 bits per heavy atom. The summed E-state index contributed by atoms with van der Waals surface area (Å²) in [4.78, 5) is 6.98. The Morgan fingerprint density at radius 1 is 0.957 bits per heavy atom. The van der Waals surface area contributed by atoms with E-state index in [0.29, 0.717) is 6.04 Å². The summed E-state index contributed by atoms with van der Waals surface area (Å²) in [6.07, 6.45) is 2.11. The summed E-state index contributed by atoms with van der Waals surface area (Å²) >= 11 is 0. The fourth-order valence-corrected chi connectivity index (χ4v) is 3.66. The van der Waals surface area contributed by atoms with Gasteiger partial charge in [-0.2, -0.15) is 0 Å². The fraction of sp³-hybridized carbons (Fsp3) is 0.647. The summed E-state index contributed by atoms with van der Waals surface area (Å²) in [5.41, 5.74) is 0.773. The second kappa shape index (κ2) is 7.55. The highest BCUT2D eigenvalue weighted by molar-refractivity contribution is 5.47. The molecule has 23 heavy (non-hydrogen) atoms. The first kappa shape index (κ1) is 16.6. The first-order chi connectivity index (χ1) is 11.2. The Hall–Kier alpha value is -1.24. The Balaban J connectivity index is 1.50. The number of halogens is 2. The summed E-state index contributed by atoms with van der Waals surface area (Å²) in [5, 5.41) is 9.00. The van der Waals surface area contributed by atoms with Crippen molar-refractivity contribution in [3.05, 3.63) is 29.8 Å². The third kappa shape index (κ3) is 4.00. The molecule has 1 N–H and O–H groups in total. The van der Waals surface area contributed by atoms with Crippen molar-refractivity contribution in [1.29, 1.82) is 0 Å². The number of benzene rings is 1. The smallest absolute Gasteiger partial charge is 0.160 e. The molecule has 1 aromatic carbocycles. The standard InChI is InChI=1S/C17H25F2N3O/c18-16-2-1-15(13-17(16)19)21-5-3-14(4-6-21)22-9-7-20(8-10-22)11-12-23/h1-2,13-14,23H,3-12H2. The molecule has 0 atom stereocenters. The maximum Gasteiger partial charge on any atom is 0.160 e. The highest BCUT2D eigenvalue weighted by atomic mass is 19.2. The number of piperidine rings is 1. The molecular formula is C17H25F2N3O. The van der Waals surface area contributed by atoms with Gasteiger partial charge >= 0.3 is 0 Å². The van der Waals surface area contributed by atoms with Crippen LogP contribution in [0.3, 0.4) is 0 Å². The van der Waals surface area contributed by atoms with Crippen molar-refractivity contribution in [2.45, 2.75) is 18.9 Å². The van der Waals surface area contributed by atoms with Crippen LogP contribution in [0.1, 0.15) is 12.8 Å². The molecule has 128 valence electrons. The molecule has 2 saturated heterocycles. The molecule has 0 saturated carbocycles. The zero-order chi connectivity index (χ0) is 16.2. The van der Waals surface area contributed by atoms with Gasteiger partial charge in [-0.15, -0.1) is 0 Å². The van der Waals surface area contributed by atoms with Crippen LogP contribution in [-0.2, 0) is 0 Å². The molecule has 2 heterocycles. The minimum atomic E-state index is -0.788. The Labute approximate surface area is 136 Å². The van der Waals surface area contributed by atoms with Crippen molar-refractivity contribution in [2.75, 3.05) is 57.3 Å². The third-order valence-electron chi connectivity index (χ3n) is 5.07. The molecule has 0 spiro atoms. The molecule has 1 aromatic rings. The van der Waals surface area contributed by atoms with Crippen LogP contribution in [0.15, 0.2) is 18.2 Å². The number of aliphatic hydroxyl groups excluding tert-OH is 1. The second-order valence-electron chi connectivity index (χ2n) is 6.42. The molecule has 3 rings (SSSR count). The van der Waals surface area contributed by atoms with Gasteiger partial charge in [0.25, 0.3) is 0 Å². The van der Waals surface area contributed by atoms with E-state index in [1.54, 1.807) is 6.07 Å². The second-order valence-corrected chi connectivity index (χ2v) is 6.42. The van der Waals surface area contributed by atoms with Gasteiger partial charge in [0.1, 0.15) is 0 Å². The van der Waals surface area contributed by atoms with Crippen molar-refractivity contribution in [1.82, 2.24) is 9.80 Å². The van der Waals surface area contributed by atoms with Crippen LogP contribution in [0, 0.1) is 11.6 Å². The molecule has 0 aromatic heterocycles. The molecule has 2 aliphatic rings. The first-order valence-corrected chi connectivity index (χ1v) is 8.44. The maximum absolute atomic E-state index is 13.4. The summed E-state index contributed by atoms with van der Waals surface area (Å²) in [5.74, 6) is -1.56. The number of β-amino-alcohol motifs (C(OH)–C–C–N with tert-alkyl or cyclic N) is 1. The zero-order valence-electron chi connectivity index (χ0n) is 13.4.